The van der Waals surface area contributed by atoms with E-state index in [1.807, 2.05) is 24.3 Å². The monoisotopic (exact) mass is 512 g/mol. The maximum Gasteiger partial charge on any atom is 0.264 e. The minimum Gasteiger partial charge on any atom is -0.508 e. The highest BCUT2D eigenvalue weighted by molar-refractivity contribution is 7.92. The summed E-state index contributed by atoms with van der Waals surface area (Å²) >= 11 is 0. The highest BCUT2D eigenvalue weighted by Gasteiger charge is 2.25. The summed E-state index contributed by atoms with van der Waals surface area (Å²) in [7, 11) is -3.77. The molecular formula is C31H32N2O3S. The molecule has 0 bridgehead atoms. The van der Waals surface area contributed by atoms with Crippen molar-refractivity contribution in [1.29, 1.82) is 0 Å². The Bertz CT molecular complexity index is 1420. The number of phenols is 1. The van der Waals surface area contributed by atoms with E-state index in [1.54, 1.807) is 54.6 Å². The standard InChI is InChI=1S/C31H32N2O3S/c34-30-18-14-26(15-19-30)23-33(37(35,36)31-10-2-1-3-11-31)29-16-12-25(13-17-29)7-6-21-32-22-20-27-8-4-5-9-28(27)24-32/h1-5,8-19,34H,6-7,20-24H2. The fourth-order valence-electron chi connectivity index (χ4n) is 4.88. The Morgan fingerprint density at radius 1 is 0.757 bits per heavy atom. The van der Waals surface area contributed by atoms with Crippen molar-refractivity contribution in [2.75, 3.05) is 17.4 Å². The smallest absolute Gasteiger partial charge is 0.264 e. The Labute approximate surface area is 219 Å². The summed E-state index contributed by atoms with van der Waals surface area (Å²) in [6.07, 6.45) is 3.11. The van der Waals surface area contributed by atoms with Crippen LogP contribution in [0.5, 0.6) is 5.75 Å². The molecular weight excluding hydrogens is 480 g/mol. The molecule has 0 saturated heterocycles. The summed E-state index contributed by atoms with van der Waals surface area (Å²) in [6, 6.07) is 31.7. The van der Waals surface area contributed by atoms with Gasteiger partial charge in [0.2, 0.25) is 0 Å². The summed E-state index contributed by atoms with van der Waals surface area (Å²) in [5.41, 5.74) is 5.52. The third kappa shape index (κ3) is 6.04. The van der Waals surface area contributed by atoms with Gasteiger partial charge in [-0.3, -0.25) is 9.21 Å². The van der Waals surface area contributed by atoms with Gasteiger partial charge in [0.1, 0.15) is 5.75 Å². The molecule has 1 aliphatic rings. The molecule has 0 aliphatic carbocycles. The molecule has 0 aromatic heterocycles. The molecule has 4 aromatic carbocycles. The van der Waals surface area contributed by atoms with Crippen LogP contribution < -0.4 is 4.31 Å². The third-order valence-electron chi connectivity index (χ3n) is 6.97. The second-order valence-electron chi connectivity index (χ2n) is 9.56. The van der Waals surface area contributed by atoms with Crippen molar-refractivity contribution in [2.24, 2.45) is 0 Å². The molecule has 0 saturated carbocycles. The number of hydrogen-bond donors (Lipinski definition) is 1. The van der Waals surface area contributed by atoms with Crippen LogP contribution in [0, 0.1) is 0 Å². The average Bonchev–Trinajstić information content (AvgIpc) is 2.93. The number of aromatic hydroxyl groups is 1. The number of rotatable bonds is 9. The first-order valence-corrected chi connectivity index (χ1v) is 14.2. The zero-order chi connectivity index (χ0) is 25.7. The largest absolute Gasteiger partial charge is 0.508 e. The third-order valence-corrected chi connectivity index (χ3v) is 8.76. The summed E-state index contributed by atoms with van der Waals surface area (Å²) in [5, 5.41) is 9.64. The van der Waals surface area contributed by atoms with Crippen molar-refractivity contribution in [3.8, 4) is 5.75 Å². The lowest BCUT2D eigenvalue weighted by Gasteiger charge is -2.28. The Morgan fingerprint density at radius 3 is 2.14 bits per heavy atom. The molecule has 0 radical (unpaired) electrons. The molecule has 0 amide bonds. The Kier molecular flexibility index (Phi) is 7.58. The van der Waals surface area contributed by atoms with E-state index in [9.17, 15) is 13.5 Å². The van der Waals surface area contributed by atoms with Gasteiger partial charge in [-0.25, -0.2) is 8.42 Å². The van der Waals surface area contributed by atoms with Crippen LogP contribution in [0.3, 0.4) is 0 Å². The van der Waals surface area contributed by atoms with Crippen LogP contribution in [0.1, 0.15) is 28.7 Å². The number of hydrogen-bond acceptors (Lipinski definition) is 4. The lowest BCUT2D eigenvalue weighted by molar-refractivity contribution is 0.251. The van der Waals surface area contributed by atoms with Crippen molar-refractivity contribution in [2.45, 2.75) is 37.2 Å². The molecule has 1 aliphatic heterocycles. The fraction of sp³-hybridized carbons (Fsp3) is 0.226. The molecule has 5 rings (SSSR count). The van der Waals surface area contributed by atoms with Gasteiger partial charge >= 0.3 is 0 Å². The zero-order valence-corrected chi connectivity index (χ0v) is 21.6. The van der Waals surface area contributed by atoms with E-state index >= 15 is 0 Å². The molecule has 0 spiro atoms. The highest BCUT2D eigenvalue weighted by atomic mass is 32.2. The van der Waals surface area contributed by atoms with Crippen molar-refractivity contribution >= 4 is 15.7 Å². The van der Waals surface area contributed by atoms with Crippen LogP contribution in [0.2, 0.25) is 0 Å². The van der Waals surface area contributed by atoms with Crippen molar-refractivity contribution in [3.63, 3.8) is 0 Å². The summed E-state index contributed by atoms with van der Waals surface area (Å²) in [4.78, 5) is 2.77. The van der Waals surface area contributed by atoms with E-state index in [-0.39, 0.29) is 17.2 Å². The minimum absolute atomic E-state index is 0.152. The van der Waals surface area contributed by atoms with Crippen LogP contribution in [-0.4, -0.2) is 31.5 Å². The van der Waals surface area contributed by atoms with Gasteiger partial charge in [0.15, 0.2) is 0 Å². The fourth-order valence-corrected chi connectivity index (χ4v) is 6.36. The number of anilines is 1. The molecule has 1 heterocycles. The zero-order valence-electron chi connectivity index (χ0n) is 20.8. The maximum absolute atomic E-state index is 13.6. The van der Waals surface area contributed by atoms with Gasteiger partial charge in [-0.05, 0) is 84.5 Å². The first-order chi connectivity index (χ1) is 18.0. The van der Waals surface area contributed by atoms with Gasteiger partial charge in [0.05, 0.1) is 17.1 Å². The topological polar surface area (TPSA) is 60.9 Å². The Hall–Kier alpha value is -3.61. The average molecular weight is 513 g/mol. The summed E-state index contributed by atoms with van der Waals surface area (Å²) in [5.74, 6) is 0.152. The molecule has 0 atom stereocenters. The number of aryl methyl sites for hydroxylation is 1. The van der Waals surface area contributed by atoms with E-state index < -0.39 is 10.0 Å². The van der Waals surface area contributed by atoms with E-state index in [0.29, 0.717) is 5.69 Å². The predicted octanol–water partition coefficient (Wildman–Crippen LogP) is 5.78. The summed E-state index contributed by atoms with van der Waals surface area (Å²) < 4.78 is 28.6. The quantitative estimate of drug-likeness (QED) is 0.309. The van der Waals surface area contributed by atoms with E-state index in [2.05, 4.69) is 29.2 Å². The van der Waals surface area contributed by atoms with Crippen LogP contribution in [0.4, 0.5) is 5.69 Å². The molecule has 1 N–H and O–H groups in total. The molecule has 5 nitrogen and oxygen atoms in total. The van der Waals surface area contributed by atoms with Crippen molar-refractivity contribution in [1.82, 2.24) is 4.90 Å². The van der Waals surface area contributed by atoms with Gasteiger partial charge in [-0.15, -0.1) is 0 Å². The van der Waals surface area contributed by atoms with Crippen LogP contribution in [-0.2, 0) is 36.0 Å². The molecule has 0 fully saturated rings. The van der Waals surface area contributed by atoms with E-state index in [1.165, 1.54) is 21.0 Å². The van der Waals surface area contributed by atoms with Gasteiger partial charge in [0, 0.05) is 13.1 Å². The first-order valence-electron chi connectivity index (χ1n) is 12.7. The van der Waals surface area contributed by atoms with Crippen LogP contribution >= 0.6 is 0 Å². The lowest BCUT2D eigenvalue weighted by Crippen LogP contribution is -2.31. The lowest BCUT2D eigenvalue weighted by atomic mass is 9.99. The highest BCUT2D eigenvalue weighted by Crippen LogP contribution is 2.27. The predicted molar refractivity (Wildman–Crippen MR) is 148 cm³/mol. The molecule has 4 aromatic rings. The second-order valence-corrected chi connectivity index (χ2v) is 11.4. The molecule has 6 heteroatoms. The van der Waals surface area contributed by atoms with E-state index in [4.69, 9.17) is 0 Å². The maximum atomic E-state index is 13.6. The number of benzene rings is 4. The van der Waals surface area contributed by atoms with E-state index in [0.717, 1.165) is 44.5 Å². The van der Waals surface area contributed by atoms with Gasteiger partial charge in [-0.1, -0.05) is 66.7 Å². The normalized spacial score (nSPS) is 13.7. The Morgan fingerprint density at radius 2 is 1.41 bits per heavy atom. The molecule has 190 valence electrons. The number of phenolic OH excluding ortho intramolecular Hbond substituents is 1. The molecule has 0 unspecified atom stereocenters. The molecule has 37 heavy (non-hydrogen) atoms. The minimum atomic E-state index is -3.77. The van der Waals surface area contributed by atoms with Gasteiger partial charge in [0.25, 0.3) is 10.0 Å². The van der Waals surface area contributed by atoms with Crippen LogP contribution in [0.25, 0.3) is 0 Å². The Balaban J connectivity index is 1.28. The SMILES string of the molecule is O=S(=O)(c1ccccc1)N(Cc1ccc(O)cc1)c1ccc(CCCN2CCc3ccccc3C2)cc1. The van der Waals surface area contributed by atoms with Crippen LogP contribution in [0.15, 0.2) is 108 Å². The first kappa shape index (κ1) is 25.1. The summed E-state index contributed by atoms with van der Waals surface area (Å²) in [6.45, 7) is 3.33. The van der Waals surface area contributed by atoms with Gasteiger partial charge < -0.3 is 5.11 Å². The number of sulfonamides is 1. The number of fused-ring (bicyclic) bond motifs is 1. The van der Waals surface area contributed by atoms with Crippen molar-refractivity contribution < 1.29 is 13.5 Å². The number of nitrogens with zero attached hydrogens (tertiary/aromatic N) is 2. The second kappa shape index (κ2) is 11.2. The van der Waals surface area contributed by atoms with Gasteiger partial charge in [-0.2, -0.15) is 0 Å². The van der Waals surface area contributed by atoms with Crippen molar-refractivity contribution in [3.05, 3.63) is 125 Å².